The molecule has 0 saturated carbocycles. The average molecular weight is 321 g/mol. The predicted molar refractivity (Wildman–Crippen MR) is 85.8 cm³/mol. The molecule has 2 fully saturated rings. The fourth-order valence-corrected chi connectivity index (χ4v) is 3.52. The van der Waals surface area contributed by atoms with Gasteiger partial charge in [-0.1, -0.05) is 0 Å². The number of hydrogen-bond donors (Lipinski definition) is 1. The monoisotopic (exact) mass is 321 g/mol. The van der Waals surface area contributed by atoms with Crippen molar-refractivity contribution in [3.63, 3.8) is 0 Å². The summed E-state index contributed by atoms with van der Waals surface area (Å²) < 4.78 is 7.45. The number of likely N-dealkylation sites (tertiary alicyclic amines) is 1. The van der Waals surface area contributed by atoms with Gasteiger partial charge in [-0.3, -0.25) is 14.4 Å². The fourth-order valence-electron chi connectivity index (χ4n) is 3.52. The molecule has 0 aliphatic carbocycles. The minimum absolute atomic E-state index is 0.0880. The Labute approximate surface area is 137 Å². The van der Waals surface area contributed by atoms with E-state index in [4.69, 9.17) is 4.74 Å². The largest absolute Gasteiger partial charge is 0.376 e. The van der Waals surface area contributed by atoms with Crippen LogP contribution in [0.3, 0.4) is 0 Å². The number of carbonyl (C=O) groups is 1. The minimum atomic E-state index is -0.0880. The quantitative estimate of drug-likeness (QED) is 0.834. The lowest BCUT2D eigenvalue weighted by atomic mass is 9.96. The van der Waals surface area contributed by atoms with Crippen molar-refractivity contribution in [3.05, 3.63) is 12.7 Å². The Morgan fingerprint density at radius 3 is 3.09 bits per heavy atom. The highest BCUT2D eigenvalue weighted by Gasteiger charge is 2.28. The molecule has 0 bridgehead atoms. The number of amides is 1. The third-order valence-electron chi connectivity index (χ3n) is 4.92. The first-order valence-corrected chi connectivity index (χ1v) is 8.68. The molecule has 1 N–H and O–H groups in total. The molecule has 23 heavy (non-hydrogen) atoms. The highest BCUT2D eigenvalue weighted by atomic mass is 16.5. The topological polar surface area (TPSA) is 72.3 Å². The lowest BCUT2D eigenvalue weighted by Gasteiger charge is -2.36. The zero-order valence-corrected chi connectivity index (χ0v) is 13.9. The average Bonchev–Trinajstić information content (AvgIpc) is 3.25. The van der Waals surface area contributed by atoms with Crippen molar-refractivity contribution in [1.29, 1.82) is 0 Å². The van der Waals surface area contributed by atoms with Crippen molar-refractivity contribution in [1.82, 2.24) is 25.0 Å². The Bertz CT molecular complexity index is 487. The second kappa shape index (κ2) is 7.88. The van der Waals surface area contributed by atoms with Crippen molar-refractivity contribution >= 4 is 5.91 Å². The van der Waals surface area contributed by atoms with E-state index < -0.39 is 0 Å². The van der Waals surface area contributed by atoms with E-state index >= 15 is 0 Å². The Morgan fingerprint density at radius 1 is 1.43 bits per heavy atom. The number of ether oxygens (including phenoxy) is 1. The molecular formula is C16H27N5O2. The molecule has 0 unspecified atom stereocenters. The van der Waals surface area contributed by atoms with E-state index in [1.54, 1.807) is 12.7 Å². The summed E-state index contributed by atoms with van der Waals surface area (Å²) in [6, 6.07) is -0.0880. The SMILES string of the molecule is C[C@H](C(=O)NC[C@H]1CCCO1)N1CCC[C@H](Cn2cncn2)C1. The smallest absolute Gasteiger partial charge is 0.237 e. The molecule has 2 aliphatic rings. The van der Waals surface area contributed by atoms with Crippen molar-refractivity contribution in [2.75, 3.05) is 26.2 Å². The van der Waals surface area contributed by atoms with Crippen LogP contribution in [0.4, 0.5) is 0 Å². The van der Waals surface area contributed by atoms with Gasteiger partial charge < -0.3 is 10.1 Å². The fraction of sp³-hybridized carbons (Fsp3) is 0.812. The van der Waals surface area contributed by atoms with Crippen molar-refractivity contribution in [2.24, 2.45) is 5.92 Å². The molecule has 1 aromatic heterocycles. The zero-order chi connectivity index (χ0) is 16.1. The molecule has 2 saturated heterocycles. The maximum Gasteiger partial charge on any atom is 0.237 e. The predicted octanol–water partition coefficient (Wildman–Crippen LogP) is 0.674. The van der Waals surface area contributed by atoms with Gasteiger partial charge in [-0.05, 0) is 45.1 Å². The summed E-state index contributed by atoms with van der Waals surface area (Å²) >= 11 is 0. The number of nitrogens with one attached hydrogen (secondary N) is 1. The van der Waals surface area contributed by atoms with Crippen molar-refractivity contribution in [3.8, 4) is 0 Å². The van der Waals surface area contributed by atoms with Gasteiger partial charge in [-0.2, -0.15) is 5.10 Å². The van der Waals surface area contributed by atoms with Gasteiger partial charge in [0.05, 0.1) is 12.1 Å². The lowest BCUT2D eigenvalue weighted by molar-refractivity contribution is -0.127. The summed E-state index contributed by atoms with van der Waals surface area (Å²) in [5.74, 6) is 0.640. The number of hydrogen-bond acceptors (Lipinski definition) is 5. The number of rotatable bonds is 6. The van der Waals surface area contributed by atoms with Crippen LogP contribution in [0.2, 0.25) is 0 Å². The van der Waals surface area contributed by atoms with Gasteiger partial charge in [-0.25, -0.2) is 4.98 Å². The van der Waals surface area contributed by atoms with Crippen molar-refractivity contribution < 1.29 is 9.53 Å². The normalized spacial score (nSPS) is 27.0. The first kappa shape index (κ1) is 16.4. The first-order chi connectivity index (χ1) is 11.2. The maximum absolute atomic E-state index is 12.4. The second-order valence-electron chi connectivity index (χ2n) is 6.68. The van der Waals surface area contributed by atoms with Gasteiger partial charge in [0.15, 0.2) is 0 Å². The molecule has 7 nitrogen and oxygen atoms in total. The van der Waals surface area contributed by atoms with Crippen molar-refractivity contribution in [2.45, 2.75) is 51.3 Å². The molecule has 1 aromatic rings. The number of nitrogens with zero attached hydrogens (tertiary/aromatic N) is 4. The number of carbonyl (C=O) groups excluding carboxylic acids is 1. The van der Waals surface area contributed by atoms with E-state index in [0.29, 0.717) is 12.5 Å². The van der Waals surface area contributed by atoms with E-state index in [2.05, 4.69) is 20.3 Å². The van der Waals surface area contributed by atoms with E-state index in [0.717, 1.165) is 45.5 Å². The summed E-state index contributed by atoms with van der Waals surface area (Å²) in [5.41, 5.74) is 0. The van der Waals surface area contributed by atoms with Crippen LogP contribution in [-0.4, -0.2) is 64.0 Å². The van der Waals surface area contributed by atoms with Gasteiger partial charge in [0.2, 0.25) is 5.91 Å². The molecule has 1 amide bonds. The van der Waals surface area contributed by atoms with Crippen LogP contribution in [-0.2, 0) is 16.1 Å². The number of piperidine rings is 1. The Hall–Kier alpha value is -1.47. The molecule has 0 radical (unpaired) electrons. The standard InChI is InChI=1S/C16H27N5O2/c1-13(16(22)18-8-15-5-3-7-23-15)20-6-2-4-14(9-20)10-21-12-17-11-19-21/h11-15H,2-10H2,1H3,(H,18,22)/t13-,14+,15-/m1/s1. The second-order valence-corrected chi connectivity index (χ2v) is 6.68. The third-order valence-corrected chi connectivity index (χ3v) is 4.92. The first-order valence-electron chi connectivity index (χ1n) is 8.68. The molecule has 3 atom stereocenters. The number of aromatic nitrogens is 3. The van der Waals surface area contributed by atoms with Gasteiger partial charge in [-0.15, -0.1) is 0 Å². The van der Waals surface area contributed by atoms with Crippen LogP contribution in [0, 0.1) is 5.92 Å². The lowest BCUT2D eigenvalue weighted by Crippen LogP contribution is -2.50. The van der Waals surface area contributed by atoms with Crippen LogP contribution >= 0.6 is 0 Å². The zero-order valence-electron chi connectivity index (χ0n) is 13.9. The van der Waals surface area contributed by atoms with Crippen LogP contribution in [0.1, 0.15) is 32.6 Å². The highest BCUT2D eigenvalue weighted by Crippen LogP contribution is 2.20. The van der Waals surface area contributed by atoms with E-state index in [9.17, 15) is 4.79 Å². The van der Waals surface area contributed by atoms with Gasteiger partial charge in [0.25, 0.3) is 0 Å². The van der Waals surface area contributed by atoms with Crippen LogP contribution in [0.25, 0.3) is 0 Å². The Morgan fingerprint density at radius 2 is 2.35 bits per heavy atom. The molecule has 128 valence electrons. The highest BCUT2D eigenvalue weighted by molar-refractivity contribution is 5.81. The van der Waals surface area contributed by atoms with Gasteiger partial charge in [0, 0.05) is 26.2 Å². The summed E-state index contributed by atoms with van der Waals surface area (Å²) in [5, 5.41) is 7.23. The summed E-state index contributed by atoms with van der Waals surface area (Å²) in [6.07, 6.45) is 8.00. The van der Waals surface area contributed by atoms with Gasteiger partial charge >= 0.3 is 0 Å². The van der Waals surface area contributed by atoms with Crippen LogP contribution < -0.4 is 5.32 Å². The van der Waals surface area contributed by atoms with E-state index in [1.807, 2.05) is 11.6 Å². The molecule has 2 aliphatic heterocycles. The molecule has 0 spiro atoms. The molecule has 7 heteroatoms. The van der Waals surface area contributed by atoms with Crippen LogP contribution in [0.15, 0.2) is 12.7 Å². The molecule has 3 heterocycles. The van der Waals surface area contributed by atoms with E-state index in [1.165, 1.54) is 6.42 Å². The Balaban J connectivity index is 1.45. The van der Waals surface area contributed by atoms with E-state index in [-0.39, 0.29) is 18.1 Å². The summed E-state index contributed by atoms with van der Waals surface area (Å²) in [7, 11) is 0. The summed E-state index contributed by atoms with van der Waals surface area (Å²) in [6.45, 7) is 6.27. The minimum Gasteiger partial charge on any atom is -0.376 e. The Kier molecular flexibility index (Phi) is 5.61. The molecule has 0 aromatic carbocycles. The van der Waals surface area contributed by atoms with Crippen LogP contribution in [0.5, 0.6) is 0 Å². The molecular weight excluding hydrogens is 294 g/mol. The maximum atomic E-state index is 12.4. The molecule has 3 rings (SSSR count). The van der Waals surface area contributed by atoms with Gasteiger partial charge in [0.1, 0.15) is 12.7 Å². The third kappa shape index (κ3) is 4.51. The summed E-state index contributed by atoms with van der Waals surface area (Å²) in [4.78, 5) is 18.7.